The van der Waals surface area contributed by atoms with Gasteiger partial charge >= 0.3 is 0 Å². The zero-order chi connectivity index (χ0) is 10.6. The van der Waals surface area contributed by atoms with Crippen LogP contribution in [0, 0.1) is 0 Å². The fourth-order valence-corrected chi connectivity index (χ4v) is 1.94. The van der Waals surface area contributed by atoms with Crippen LogP contribution in [-0.2, 0) is 11.2 Å². The van der Waals surface area contributed by atoms with Gasteiger partial charge in [-0.3, -0.25) is 0 Å². The molecule has 0 heterocycles. The minimum Gasteiger partial charge on any atom is -0.390 e. The maximum atomic E-state index is 9.50. The van der Waals surface area contributed by atoms with Gasteiger partial charge in [0.05, 0.1) is 12.7 Å². The second-order valence-corrected chi connectivity index (χ2v) is 4.37. The molecule has 1 aromatic carbocycles. The number of methoxy groups -OCH3 is 1. The van der Waals surface area contributed by atoms with Crippen LogP contribution in [0.2, 0.25) is 5.02 Å². The van der Waals surface area contributed by atoms with Crippen LogP contribution in [-0.4, -0.2) is 24.9 Å². The fourth-order valence-electron chi connectivity index (χ4n) is 1.19. The highest BCUT2D eigenvalue weighted by molar-refractivity contribution is 9.10. The third-order valence-corrected chi connectivity index (χ3v) is 2.67. The molecule has 0 aliphatic carbocycles. The summed E-state index contributed by atoms with van der Waals surface area (Å²) in [6.07, 6.45) is 0.0126. The SMILES string of the molecule is COCC(O)Cc1ccc(Br)cc1Cl. The third kappa shape index (κ3) is 3.58. The van der Waals surface area contributed by atoms with Crippen molar-refractivity contribution in [3.8, 4) is 0 Å². The molecule has 2 nitrogen and oxygen atoms in total. The van der Waals surface area contributed by atoms with Crippen LogP contribution in [0.25, 0.3) is 0 Å². The smallest absolute Gasteiger partial charge is 0.0814 e. The quantitative estimate of drug-likeness (QED) is 0.918. The summed E-state index contributed by atoms with van der Waals surface area (Å²) in [6, 6.07) is 5.61. The van der Waals surface area contributed by atoms with Gasteiger partial charge in [-0.05, 0) is 17.7 Å². The maximum absolute atomic E-state index is 9.50. The predicted molar refractivity (Wildman–Crippen MR) is 60.7 cm³/mol. The van der Waals surface area contributed by atoms with Crippen LogP contribution in [0.3, 0.4) is 0 Å². The molecule has 0 bridgehead atoms. The number of hydrogen-bond acceptors (Lipinski definition) is 2. The van der Waals surface area contributed by atoms with Crippen molar-refractivity contribution in [1.82, 2.24) is 0 Å². The Balaban J connectivity index is 2.67. The Labute approximate surface area is 97.0 Å². The summed E-state index contributed by atoms with van der Waals surface area (Å²) in [5.41, 5.74) is 0.930. The second-order valence-electron chi connectivity index (χ2n) is 3.05. The molecular weight excluding hydrogens is 267 g/mol. The first-order valence-corrected chi connectivity index (χ1v) is 5.41. The number of benzene rings is 1. The van der Waals surface area contributed by atoms with E-state index in [9.17, 15) is 5.11 Å². The minimum absolute atomic E-state index is 0.326. The number of aliphatic hydroxyl groups is 1. The Hall–Kier alpha value is -0.0900. The molecule has 0 fully saturated rings. The number of aliphatic hydroxyl groups excluding tert-OH is 1. The van der Waals surface area contributed by atoms with Gasteiger partial charge in [0.2, 0.25) is 0 Å². The summed E-state index contributed by atoms with van der Waals surface area (Å²) in [7, 11) is 1.56. The van der Waals surface area contributed by atoms with Crippen LogP contribution >= 0.6 is 27.5 Å². The summed E-state index contributed by atoms with van der Waals surface area (Å²) in [5.74, 6) is 0. The van der Waals surface area contributed by atoms with Crippen molar-refractivity contribution in [2.45, 2.75) is 12.5 Å². The largest absolute Gasteiger partial charge is 0.390 e. The Morgan fingerprint density at radius 3 is 2.86 bits per heavy atom. The molecule has 1 N–H and O–H groups in total. The highest BCUT2D eigenvalue weighted by Gasteiger charge is 2.08. The van der Waals surface area contributed by atoms with Crippen LogP contribution in [0.15, 0.2) is 22.7 Å². The predicted octanol–water partition coefficient (Wildman–Crippen LogP) is 2.65. The van der Waals surface area contributed by atoms with E-state index in [-0.39, 0.29) is 0 Å². The van der Waals surface area contributed by atoms with Crippen molar-refractivity contribution in [1.29, 1.82) is 0 Å². The molecule has 0 saturated carbocycles. The Morgan fingerprint density at radius 1 is 1.57 bits per heavy atom. The van der Waals surface area contributed by atoms with Gasteiger partial charge in [0.1, 0.15) is 0 Å². The lowest BCUT2D eigenvalue weighted by atomic mass is 10.1. The number of halogens is 2. The Bertz CT molecular complexity index is 304. The van der Waals surface area contributed by atoms with Gasteiger partial charge in [0.15, 0.2) is 0 Å². The van der Waals surface area contributed by atoms with E-state index in [1.54, 1.807) is 7.11 Å². The van der Waals surface area contributed by atoms with Crippen LogP contribution in [0.5, 0.6) is 0 Å². The second kappa shape index (κ2) is 5.71. The fraction of sp³-hybridized carbons (Fsp3) is 0.400. The van der Waals surface area contributed by atoms with Crippen molar-refractivity contribution in [2.75, 3.05) is 13.7 Å². The maximum Gasteiger partial charge on any atom is 0.0814 e. The molecule has 0 radical (unpaired) electrons. The summed E-state index contributed by atoms with van der Waals surface area (Å²) < 4.78 is 5.77. The first-order valence-electron chi connectivity index (χ1n) is 4.24. The number of hydrogen-bond donors (Lipinski definition) is 1. The van der Waals surface area contributed by atoms with Gasteiger partial charge in [-0.25, -0.2) is 0 Å². The molecule has 1 aromatic rings. The van der Waals surface area contributed by atoms with Crippen molar-refractivity contribution in [3.05, 3.63) is 33.3 Å². The van der Waals surface area contributed by atoms with E-state index < -0.39 is 6.10 Å². The van der Waals surface area contributed by atoms with Crippen molar-refractivity contribution in [2.24, 2.45) is 0 Å². The summed E-state index contributed by atoms with van der Waals surface area (Å²) in [5, 5.41) is 10.2. The van der Waals surface area contributed by atoms with Gasteiger partial charge < -0.3 is 9.84 Å². The van der Waals surface area contributed by atoms with E-state index in [0.717, 1.165) is 10.0 Å². The minimum atomic E-state index is -0.501. The molecule has 78 valence electrons. The molecule has 0 amide bonds. The molecule has 1 atom stereocenters. The Kier molecular flexibility index (Phi) is 4.89. The lowest BCUT2D eigenvalue weighted by Gasteiger charge is -2.10. The monoisotopic (exact) mass is 278 g/mol. The first kappa shape index (κ1) is 12.0. The molecule has 0 aromatic heterocycles. The molecular formula is C10H12BrClO2. The highest BCUT2D eigenvalue weighted by atomic mass is 79.9. The van der Waals surface area contributed by atoms with E-state index in [4.69, 9.17) is 16.3 Å². The molecule has 0 aliphatic rings. The molecule has 4 heteroatoms. The van der Waals surface area contributed by atoms with E-state index in [2.05, 4.69) is 15.9 Å². The normalized spacial score (nSPS) is 12.9. The van der Waals surface area contributed by atoms with E-state index >= 15 is 0 Å². The van der Waals surface area contributed by atoms with E-state index in [0.29, 0.717) is 18.1 Å². The lowest BCUT2D eigenvalue weighted by Crippen LogP contribution is -2.17. The van der Waals surface area contributed by atoms with E-state index in [1.165, 1.54) is 0 Å². The Morgan fingerprint density at radius 2 is 2.29 bits per heavy atom. The van der Waals surface area contributed by atoms with Crippen LogP contribution in [0.1, 0.15) is 5.56 Å². The van der Waals surface area contributed by atoms with Crippen molar-refractivity contribution in [3.63, 3.8) is 0 Å². The standard InChI is InChI=1S/C10H12BrClO2/c1-14-6-9(13)4-7-2-3-8(11)5-10(7)12/h2-3,5,9,13H,4,6H2,1H3. The average molecular weight is 280 g/mol. The summed E-state index contributed by atoms with van der Waals surface area (Å²) >= 11 is 9.31. The topological polar surface area (TPSA) is 29.5 Å². The van der Waals surface area contributed by atoms with Crippen LogP contribution in [0.4, 0.5) is 0 Å². The third-order valence-electron chi connectivity index (χ3n) is 1.83. The van der Waals surface area contributed by atoms with Gasteiger partial charge in [0, 0.05) is 23.0 Å². The molecule has 14 heavy (non-hydrogen) atoms. The molecule has 1 rings (SSSR count). The first-order chi connectivity index (χ1) is 6.63. The van der Waals surface area contributed by atoms with Crippen LogP contribution < -0.4 is 0 Å². The van der Waals surface area contributed by atoms with Gasteiger partial charge in [-0.2, -0.15) is 0 Å². The molecule has 0 aliphatic heterocycles. The van der Waals surface area contributed by atoms with Gasteiger partial charge in [-0.15, -0.1) is 0 Å². The number of rotatable bonds is 4. The van der Waals surface area contributed by atoms with Gasteiger partial charge in [0.25, 0.3) is 0 Å². The molecule has 0 spiro atoms. The molecule has 0 saturated heterocycles. The average Bonchev–Trinajstić information content (AvgIpc) is 2.10. The van der Waals surface area contributed by atoms with Gasteiger partial charge in [-0.1, -0.05) is 33.6 Å². The number of ether oxygens (including phenoxy) is 1. The van der Waals surface area contributed by atoms with E-state index in [1.807, 2.05) is 18.2 Å². The van der Waals surface area contributed by atoms with Crippen molar-refractivity contribution >= 4 is 27.5 Å². The van der Waals surface area contributed by atoms with Crippen molar-refractivity contribution < 1.29 is 9.84 Å². The summed E-state index contributed by atoms with van der Waals surface area (Å²) in [6.45, 7) is 0.326. The lowest BCUT2D eigenvalue weighted by molar-refractivity contribution is 0.0650. The molecule has 1 unspecified atom stereocenters. The zero-order valence-electron chi connectivity index (χ0n) is 7.84. The highest BCUT2D eigenvalue weighted by Crippen LogP contribution is 2.22. The zero-order valence-corrected chi connectivity index (χ0v) is 10.2. The summed E-state index contributed by atoms with van der Waals surface area (Å²) in [4.78, 5) is 0.